The highest BCUT2D eigenvalue weighted by Gasteiger charge is 2.01. The van der Waals surface area contributed by atoms with Gasteiger partial charge in [0.15, 0.2) is 0 Å². The zero-order valence-corrected chi connectivity index (χ0v) is 11.3. The number of carbonyl (C=O) groups excluding carboxylic acids is 1. The van der Waals surface area contributed by atoms with Crippen molar-refractivity contribution >= 4 is 12.0 Å². The van der Waals surface area contributed by atoms with Gasteiger partial charge in [-0.2, -0.15) is 0 Å². The van der Waals surface area contributed by atoms with Crippen LogP contribution in [0.15, 0.2) is 47.4 Å². The normalized spacial score (nSPS) is 9.90. The molecule has 0 saturated heterocycles. The highest BCUT2D eigenvalue weighted by atomic mass is 16.5. The SMILES string of the molecule is O=C(NCCNc1nccc(=O)[nH]1)OCc1ccccc1. The van der Waals surface area contributed by atoms with Crippen molar-refractivity contribution in [3.8, 4) is 0 Å². The number of nitrogens with one attached hydrogen (secondary N) is 3. The van der Waals surface area contributed by atoms with Crippen molar-refractivity contribution < 1.29 is 9.53 Å². The maximum absolute atomic E-state index is 11.4. The van der Waals surface area contributed by atoms with Crippen LogP contribution in [0.4, 0.5) is 10.7 Å². The summed E-state index contributed by atoms with van der Waals surface area (Å²) in [7, 11) is 0. The highest BCUT2D eigenvalue weighted by Crippen LogP contribution is 2.00. The molecule has 2 aromatic rings. The van der Waals surface area contributed by atoms with Crippen LogP contribution in [-0.4, -0.2) is 29.2 Å². The van der Waals surface area contributed by atoms with Crippen molar-refractivity contribution in [3.63, 3.8) is 0 Å². The van der Waals surface area contributed by atoms with Crippen molar-refractivity contribution in [1.82, 2.24) is 15.3 Å². The van der Waals surface area contributed by atoms with E-state index < -0.39 is 6.09 Å². The summed E-state index contributed by atoms with van der Waals surface area (Å²) in [5, 5.41) is 5.47. The monoisotopic (exact) mass is 288 g/mol. The molecule has 0 bridgehead atoms. The molecule has 0 aliphatic carbocycles. The van der Waals surface area contributed by atoms with Crippen LogP contribution < -0.4 is 16.2 Å². The quantitative estimate of drug-likeness (QED) is 0.692. The molecular formula is C14H16N4O3. The lowest BCUT2D eigenvalue weighted by Crippen LogP contribution is -2.29. The number of anilines is 1. The van der Waals surface area contributed by atoms with Crippen molar-refractivity contribution in [3.05, 3.63) is 58.5 Å². The number of benzene rings is 1. The Morgan fingerprint density at radius 1 is 1.19 bits per heavy atom. The molecule has 21 heavy (non-hydrogen) atoms. The van der Waals surface area contributed by atoms with Crippen LogP contribution in [0.3, 0.4) is 0 Å². The zero-order chi connectivity index (χ0) is 14.9. The summed E-state index contributed by atoms with van der Waals surface area (Å²) >= 11 is 0. The Morgan fingerprint density at radius 3 is 2.76 bits per heavy atom. The van der Waals surface area contributed by atoms with Crippen LogP contribution >= 0.6 is 0 Å². The molecule has 2 rings (SSSR count). The van der Waals surface area contributed by atoms with Gasteiger partial charge >= 0.3 is 6.09 Å². The minimum atomic E-state index is -0.491. The fourth-order valence-electron chi connectivity index (χ4n) is 1.58. The number of carbonyl (C=O) groups is 1. The van der Waals surface area contributed by atoms with E-state index in [0.717, 1.165) is 5.56 Å². The third-order valence-corrected chi connectivity index (χ3v) is 2.57. The number of nitrogens with zero attached hydrogens (tertiary/aromatic N) is 1. The first-order valence-electron chi connectivity index (χ1n) is 6.48. The molecule has 0 aliphatic heterocycles. The van der Waals surface area contributed by atoms with Crippen LogP contribution in [0.5, 0.6) is 0 Å². The van der Waals surface area contributed by atoms with E-state index in [9.17, 15) is 9.59 Å². The van der Waals surface area contributed by atoms with E-state index in [-0.39, 0.29) is 12.2 Å². The van der Waals surface area contributed by atoms with Gasteiger partial charge in [-0.05, 0) is 5.56 Å². The van der Waals surface area contributed by atoms with E-state index in [1.165, 1.54) is 12.3 Å². The lowest BCUT2D eigenvalue weighted by molar-refractivity contribution is 0.140. The molecule has 1 amide bonds. The van der Waals surface area contributed by atoms with Gasteiger partial charge in [-0.1, -0.05) is 30.3 Å². The predicted octanol–water partition coefficient (Wildman–Crippen LogP) is 1.11. The van der Waals surface area contributed by atoms with Gasteiger partial charge in [0.05, 0.1) is 0 Å². The van der Waals surface area contributed by atoms with E-state index >= 15 is 0 Å². The minimum Gasteiger partial charge on any atom is -0.445 e. The van der Waals surface area contributed by atoms with Crippen molar-refractivity contribution in [2.45, 2.75) is 6.61 Å². The summed E-state index contributed by atoms with van der Waals surface area (Å²) in [5.41, 5.74) is 0.694. The molecule has 0 saturated carbocycles. The molecule has 0 radical (unpaired) electrons. The molecule has 1 aromatic heterocycles. The summed E-state index contributed by atoms with van der Waals surface area (Å²) in [6.07, 6.45) is 0.915. The van der Waals surface area contributed by atoms with Crippen LogP contribution in [0.1, 0.15) is 5.56 Å². The largest absolute Gasteiger partial charge is 0.445 e. The highest BCUT2D eigenvalue weighted by molar-refractivity contribution is 5.67. The van der Waals surface area contributed by atoms with Crippen molar-refractivity contribution in [1.29, 1.82) is 0 Å². The number of aromatic nitrogens is 2. The molecule has 1 heterocycles. The summed E-state index contributed by atoms with van der Waals surface area (Å²) in [6.45, 7) is 1.01. The lowest BCUT2D eigenvalue weighted by atomic mass is 10.2. The van der Waals surface area contributed by atoms with E-state index in [1.54, 1.807) is 0 Å². The molecule has 0 fully saturated rings. The second-order valence-corrected chi connectivity index (χ2v) is 4.20. The first kappa shape index (κ1) is 14.6. The molecule has 0 unspecified atom stereocenters. The summed E-state index contributed by atoms with van der Waals surface area (Å²) in [6, 6.07) is 10.8. The smallest absolute Gasteiger partial charge is 0.407 e. The Balaban J connectivity index is 1.62. The number of hydrogen-bond donors (Lipinski definition) is 3. The standard InChI is InChI=1S/C14H16N4O3/c19-12-6-7-15-13(18-12)16-8-9-17-14(20)21-10-11-4-2-1-3-5-11/h1-7H,8-10H2,(H,17,20)(H2,15,16,18,19). The number of ether oxygens (including phenoxy) is 1. The van der Waals surface area contributed by atoms with Crippen LogP contribution in [-0.2, 0) is 11.3 Å². The van der Waals surface area contributed by atoms with Crippen LogP contribution in [0.2, 0.25) is 0 Å². The molecule has 7 nitrogen and oxygen atoms in total. The third-order valence-electron chi connectivity index (χ3n) is 2.57. The molecule has 0 aliphatic rings. The maximum Gasteiger partial charge on any atom is 0.407 e. The predicted molar refractivity (Wildman–Crippen MR) is 78.0 cm³/mol. The number of rotatable bonds is 6. The van der Waals surface area contributed by atoms with Gasteiger partial charge < -0.3 is 15.4 Å². The zero-order valence-electron chi connectivity index (χ0n) is 11.3. The van der Waals surface area contributed by atoms with Gasteiger partial charge in [0.2, 0.25) is 5.95 Å². The first-order valence-corrected chi connectivity index (χ1v) is 6.48. The minimum absolute atomic E-state index is 0.230. The summed E-state index contributed by atoms with van der Waals surface area (Å²) < 4.78 is 5.05. The van der Waals surface area contributed by atoms with Gasteiger partial charge in [0.1, 0.15) is 6.61 Å². The average Bonchev–Trinajstić information content (AvgIpc) is 2.51. The fourth-order valence-corrected chi connectivity index (χ4v) is 1.58. The molecule has 0 atom stereocenters. The van der Waals surface area contributed by atoms with Gasteiger partial charge in [-0.3, -0.25) is 9.78 Å². The number of hydrogen-bond acceptors (Lipinski definition) is 5. The third kappa shape index (κ3) is 5.35. The van der Waals surface area contributed by atoms with E-state index in [0.29, 0.717) is 19.0 Å². The topological polar surface area (TPSA) is 96.1 Å². The van der Waals surface area contributed by atoms with E-state index in [1.807, 2.05) is 30.3 Å². The molecule has 0 spiro atoms. The average molecular weight is 288 g/mol. The molecule has 1 aromatic carbocycles. The Bertz CT molecular complexity index is 627. The fraction of sp³-hybridized carbons (Fsp3) is 0.214. The van der Waals surface area contributed by atoms with Crippen LogP contribution in [0, 0.1) is 0 Å². The van der Waals surface area contributed by atoms with Crippen molar-refractivity contribution in [2.75, 3.05) is 18.4 Å². The Labute approximate surface area is 121 Å². The first-order chi connectivity index (χ1) is 10.2. The Hall–Kier alpha value is -2.83. The maximum atomic E-state index is 11.4. The van der Waals surface area contributed by atoms with Gasteiger partial charge in [0, 0.05) is 25.4 Å². The van der Waals surface area contributed by atoms with Crippen LogP contribution in [0.25, 0.3) is 0 Å². The van der Waals surface area contributed by atoms with Gasteiger partial charge in [-0.25, -0.2) is 9.78 Å². The lowest BCUT2D eigenvalue weighted by Gasteiger charge is -2.08. The summed E-state index contributed by atoms with van der Waals surface area (Å²) in [5.74, 6) is 0.363. The second-order valence-electron chi connectivity index (χ2n) is 4.20. The van der Waals surface area contributed by atoms with Gasteiger partial charge in [-0.15, -0.1) is 0 Å². The number of amides is 1. The number of H-pyrrole nitrogens is 1. The summed E-state index contributed by atoms with van der Waals surface area (Å²) in [4.78, 5) is 28.9. The number of alkyl carbamates (subject to hydrolysis) is 1. The van der Waals surface area contributed by atoms with Crippen molar-refractivity contribution in [2.24, 2.45) is 0 Å². The van der Waals surface area contributed by atoms with Gasteiger partial charge in [0.25, 0.3) is 5.56 Å². The molecular weight excluding hydrogens is 272 g/mol. The molecule has 110 valence electrons. The Kier molecular flexibility index (Phi) is 5.33. The second kappa shape index (κ2) is 7.68. The molecule has 3 N–H and O–H groups in total. The number of aromatic amines is 1. The van der Waals surface area contributed by atoms with E-state index in [2.05, 4.69) is 20.6 Å². The molecule has 7 heteroatoms. The Morgan fingerprint density at radius 2 is 2.00 bits per heavy atom. The van der Waals surface area contributed by atoms with E-state index in [4.69, 9.17) is 4.74 Å².